The standard InChI is InChI=1S/C18H24N2O3/c1-4-23-14-7-5-6-13-17(14)12(9-19-13)8-16(21)20-15-10-22-11-18(15,2)3/h5-7,9,15,19H,4,8,10-11H2,1-3H3,(H,20,21). The van der Waals surface area contributed by atoms with E-state index in [0.717, 1.165) is 22.2 Å². The van der Waals surface area contributed by atoms with Crippen molar-refractivity contribution >= 4 is 16.8 Å². The number of H-pyrrole nitrogens is 1. The molecule has 2 aromatic rings. The van der Waals surface area contributed by atoms with Gasteiger partial charge in [-0.15, -0.1) is 0 Å². The van der Waals surface area contributed by atoms with Crippen LogP contribution in [0.2, 0.25) is 0 Å². The Kier molecular flexibility index (Phi) is 4.31. The molecule has 1 unspecified atom stereocenters. The molecule has 5 heteroatoms. The molecule has 1 fully saturated rings. The number of hydrogen-bond acceptors (Lipinski definition) is 3. The average Bonchev–Trinajstić information content (AvgIpc) is 3.04. The van der Waals surface area contributed by atoms with Crippen LogP contribution in [-0.4, -0.2) is 36.8 Å². The van der Waals surface area contributed by atoms with Crippen LogP contribution in [0.25, 0.3) is 10.9 Å². The minimum atomic E-state index is -0.0215. The molecular formula is C18H24N2O3. The summed E-state index contributed by atoms with van der Waals surface area (Å²) >= 11 is 0. The van der Waals surface area contributed by atoms with E-state index in [-0.39, 0.29) is 17.4 Å². The molecule has 1 aromatic heterocycles. The summed E-state index contributed by atoms with van der Waals surface area (Å²) in [6.07, 6.45) is 2.22. The number of hydrogen-bond donors (Lipinski definition) is 2. The lowest BCUT2D eigenvalue weighted by atomic mass is 9.88. The Labute approximate surface area is 136 Å². The molecular weight excluding hydrogens is 292 g/mol. The van der Waals surface area contributed by atoms with Crippen LogP contribution in [0.5, 0.6) is 5.75 Å². The van der Waals surface area contributed by atoms with Gasteiger partial charge in [0, 0.05) is 22.5 Å². The fourth-order valence-corrected chi connectivity index (χ4v) is 3.06. The molecule has 0 radical (unpaired) electrons. The highest BCUT2D eigenvalue weighted by atomic mass is 16.5. The summed E-state index contributed by atoms with van der Waals surface area (Å²) in [4.78, 5) is 15.7. The third-order valence-electron chi connectivity index (χ3n) is 4.44. The van der Waals surface area contributed by atoms with E-state index in [1.807, 2.05) is 31.3 Å². The smallest absolute Gasteiger partial charge is 0.224 e. The summed E-state index contributed by atoms with van der Waals surface area (Å²) in [6.45, 7) is 8.05. The van der Waals surface area contributed by atoms with Gasteiger partial charge in [-0.1, -0.05) is 19.9 Å². The monoisotopic (exact) mass is 316 g/mol. The van der Waals surface area contributed by atoms with Crippen LogP contribution in [0.15, 0.2) is 24.4 Å². The molecule has 1 aliphatic heterocycles. The lowest BCUT2D eigenvalue weighted by molar-refractivity contribution is -0.121. The molecule has 1 saturated heterocycles. The van der Waals surface area contributed by atoms with E-state index >= 15 is 0 Å². The van der Waals surface area contributed by atoms with Gasteiger partial charge in [0.05, 0.1) is 32.3 Å². The summed E-state index contributed by atoms with van der Waals surface area (Å²) in [7, 11) is 0. The van der Waals surface area contributed by atoms with Gasteiger partial charge in [0.1, 0.15) is 5.75 Å². The number of fused-ring (bicyclic) bond motifs is 1. The molecule has 2 N–H and O–H groups in total. The number of nitrogens with one attached hydrogen (secondary N) is 2. The Hall–Kier alpha value is -2.01. The highest BCUT2D eigenvalue weighted by Crippen LogP contribution is 2.30. The number of carbonyl (C=O) groups excluding carboxylic acids is 1. The summed E-state index contributed by atoms with van der Waals surface area (Å²) in [5, 5.41) is 4.10. The fraction of sp³-hybridized carbons (Fsp3) is 0.500. The van der Waals surface area contributed by atoms with Gasteiger partial charge in [-0.2, -0.15) is 0 Å². The predicted molar refractivity (Wildman–Crippen MR) is 89.7 cm³/mol. The molecule has 0 bridgehead atoms. The molecule has 1 amide bonds. The van der Waals surface area contributed by atoms with Gasteiger partial charge in [-0.25, -0.2) is 0 Å². The Morgan fingerprint density at radius 2 is 2.30 bits per heavy atom. The Morgan fingerprint density at radius 3 is 3.00 bits per heavy atom. The number of carbonyl (C=O) groups is 1. The second-order valence-corrected chi connectivity index (χ2v) is 6.73. The van der Waals surface area contributed by atoms with Crippen LogP contribution in [0.3, 0.4) is 0 Å². The number of rotatable bonds is 5. The highest BCUT2D eigenvalue weighted by molar-refractivity contribution is 5.93. The molecule has 2 heterocycles. The molecule has 23 heavy (non-hydrogen) atoms. The maximum atomic E-state index is 12.4. The summed E-state index contributed by atoms with van der Waals surface area (Å²) in [6, 6.07) is 5.94. The first-order valence-corrected chi connectivity index (χ1v) is 8.10. The maximum Gasteiger partial charge on any atom is 0.224 e. The van der Waals surface area contributed by atoms with Crippen molar-refractivity contribution in [1.82, 2.24) is 10.3 Å². The SMILES string of the molecule is CCOc1cccc2[nH]cc(CC(=O)NC3COCC3(C)C)c12. The maximum absolute atomic E-state index is 12.4. The van der Waals surface area contributed by atoms with E-state index < -0.39 is 0 Å². The highest BCUT2D eigenvalue weighted by Gasteiger charge is 2.36. The van der Waals surface area contributed by atoms with E-state index in [2.05, 4.69) is 24.1 Å². The zero-order valence-electron chi connectivity index (χ0n) is 13.9. The van der Waals surface area contributed by atoms with Crippen molar-refractivity contribution in [2.75, 3.05) is 19.8 Å². The van der Waals surface area contributed by atoms with Gasteiger partial charge in [-0.3, -0.25) is 4.79 Å². The third-order valence-corrected chi connectivity index (χ3v) is 4.44. The van der Waals surface area contributed by atoms with Crippen LogP contribution >= 0.6 is 0 Å². The number of aromatic amines is 1. The molecule has 0 saturated carbocycles. The zero-order chi connectivity index (χ0) is 16.4. The Bertz CT molecular complexity index is 705. The molecule has 1 atom stereocenters. The van der Waals surface area contributed by atoms with E-state index in [1.165, 1.54) is 0 Å². The van der Waals surface area contributed by atoms with Crippen molar-refractivity contribution in [1.29, 1.82) is 0 Å². The molecule has 124 valence electrons. The van der Waals surface area contributed by atoms with E-state index in [9.17, 15) is 4.79 Å². The molecule has 5 nitrogen and oxygen atoms in total. The van der Waals surface area contributed by atoms with E-state index in [1.54, 1.807) is 0 Å². The lowest BCUT2D eigenvalue weighted by Gasteiger charge is -2.25. The topological polar surface area (TPSA) is 63.4 Å². The average molecular weight is 316 g/mol. The van der Waals surface area contributed by atoms with Crippen LogP contribution in [0.4, 0.5) is 0 Å². The van der Waals surface area contributed by atoms with Gasteiger partial charge < -0.3 is 19.8 Å². The molecule has 1 aromatic carbocycles. The predicted octanol–water partition coefficient (Wildman–Crippen LogP) is 2.65. The largest absolute Gasteiger partial charge is 0.493 e. The Balaban J connectivity index is 1.77. The normalized spacial score (nSPS) is 19.9. The quantitative estimate of drug-likeness (QED) is 0.891. The molecule has 0 spiro atoms. The third kappa shape index (κ3) is 3.20. The van der Waals surface area contributed by atoms with Crippen molar-refractivity contribution < 1.29 is 14.3 Å². The minimum Gasteiger partial charge on any atom is -0.493 e. The zero-order valence-corrected chi connectivity index (χ0v) is 13.9. The van der Waals surface area contributed by atoms with E-state index in [0.29, 0.717) is 26.2 Å². The Morgan fingerprint density at radius 1 is 1.48 bits per heavy atom. The first-order chi connectivity index (χ1) is 11.0. The van der Waals surface area contributed by atoms with Gasteiger partial charge in [-0.05, 0) is 24.6 Å². The summed E-state index contributed by atoms with van der Waals surface area (Å²) in [5.74, 6) is 0.833. The van der Waals surface area contributed by atoms with Crippen LogP contribution in [-0.2, 0) is 16.0 Å². The van der Waals surface area contributed by atoms with Crippen LogP contribution in [0, 0.1) is 5.41 Å². The van der Waals surface area contributed by atoms with Crippen molar-refractivity contribution in [3.8, 4) is 5.75 Å². The van der Waals surface area contributed by atoms with Crippen molar-refractivity contribution in [3.05, 3.63) is 30.0 Å². The summed E-state index contributed by atoms with van der Waals surface area (Å²) < 4.78 is 11.2. The molecule has 0 aliphatic carbocycles. The first-order valence-electron chi connectivity index (χ1n) is 8.10. The molecule has 1 aliphatic rings. The summed E-state index contributed by atoms with van der Waals surface area (Å²) in [5.41, 5.74) is 1.92. The second-order valence-electron chi connectivity index (χ2n) is 6.73. The van der Waals surface area contributed by atoms with Crippen molar-refractivity contribution in [2.24, 2.45) is 5.41 Å². The number of benzene rings is 1. The van der Waals surface area contributed by atoms with Crippen LogP contribution < -0.4 is 10.1 Å². The van der Waals surface area contributed by atoms with Gasteiger partial charge in [0.15, 0.2) is 0 Å². The minimum absolute atomic E-state index is 0.0146. The molecule has 3 rings (SSSR count). The lowest BCUT2D eigenvalue weighted by Crippen LogP contribution is -2.44. The second kappa shape index (κ2) is 6.24. The van der Waals surface area contributed by atoms with Crippen molar-refractivity contribution in [3.63, 3.8) is 0 Å². The first kappa shape index (κ1) is 15.9. The van der Waals surface area contributed by atoms with Gasteiger partial charge in [0.2, 0.25) is 5.91 Å². The van der Waals surface area contributed by atoms with Crippen LogP contribution in [0.1, 0.15) is 26.3 Å². The van der Waals surface area contributed by atoms with Gasteiger partial charge >= 0.3 is 0 Å². The fourth-order valence-electron chi connectivity index (χ4n) is 3.06. The van der Waals surface area contributed by atoms with Crippen molar-refractivity contribution in [2.45, 2.75) is 33.2 Å². The van der Waals surface area contributed by atoms with Gasteiger partial charge in [0.25, 0.3) is 0 Å². The number of ether oxygens (including phenoxy) is 2. The number of amides is 1. The number of aromatic nitrogens is 1. The van der Waals surface area contributed by atoms with E-state index in [4.69, 9.17) is 9.47 Å².